The van der Waals surface area contributed by atoms with Crippen LogP contribution in [0.1, 0.15) is 18.3 Å². The summed E-state index contributed by atoms with van der Waals surface area (Å²) >= 11 is 1.40. The molecule has 2 aromatic heterocycles. The minimum Gasteiger partial charge on any atom is -0.358 e. The van der Waals surface area contributed by atoms with Crippen molar-refractivity contribution in [2.45, 2.75) is 20.4 Å². The first-order valence-corrected chi connectivity index (χ1v) is 7.33. The lowest BCUT2D eigenvalue weighted by Crippen LogP contribution is -2.35. The minimum atomic E-state index is -0.112. The molecule has 2 N–H and O–H groups in total. The normalized spacial score (nSPS) is 11.2. The highest BCUT2D eigenvalue weighted by atomic mass is 32.1. The summed E-state index contributed by atoms with van der Waals surface area (Å²) in [5, 5.41) is 4.52. The Balaban J connectivity index is 2.26. The van der Waals surface area contributed by atoms with E-state index in [0.29, 0.717) is 23.6 Å². The summed E-state index contributed by atoms with van der Waals surface area (Å²) in [5.41, 5.74) is 1.65. The third-order valence-corrected chi connectivity index (χ3v) is 4.21. The molecule has 2 heterocycles. The van der Waals surface area contributed by atoms with E-state index in [1.165, 1.54) is 11.3 Å². The number of likely N-dealkylation sites (N-methyl/N-ethyl adjacent to an activating group) is 2. The molecule has 0 fully saturated rings. The predicted octanol–water partition coefficient (Wildman–Crippen LogP) is 0.861. The molecule has 0 radical (unpaired) electrons. The van der Waals surface area contributed by atoms with Gasteiger partial charge in [-0.2, -0.15) is 0 Å². The molecule has 0 aliphatic carbocycles. The Labute approximate surface area is 120 Å². The van der Waals surface area contributed by atoms with Crippen molar-refractivity contribution in [3.63, 3.8) is 0 Å². The fourth-order valence-corrected chi connectivity index (χ4v) is 2.82. The lowest BCUT2D eigenvalue weighted by molar-refractivity contribution is -0.121. The Hall–Kier alpha value is -1.73. The van der Waals surface area contributed by atoms with Crippen LogP contribution in [-0.4, -0.2) is 40.9 Å². The zero-order valence-corrected chi connectivity index (χ0v) is 12.6. The van der Waals surface area contributed by atoms with Gasteiger partial charge < -0.3 is 10.3 Å². The number of nitrogens with one attached hydrogen (secondary N) is 2. The number of aryl methyl sites for hydroxylation is 1. The lowest BCUT2D eigenvalue weighted by atomic mass is 10.3. The average molecular weight is 294 g/mol. The van der Waals surface area contributed by atoms with Crippen molar-refractivity contribution in [2.75, 3.05) is 20.1 Å². The molecule has 108 valence electrons. The van der Waals surface area contributed by atoms with Crippen LogP contribution in [0.25, 0.3) is 10.2 Å². The number of rotatable bonds is 5. The van der Waals surface area contributed by atoms with Crippen molar-refractivity contribution in [3.05, 3.63) is 27.1 Å². The van der Waals surface area contributed by atoms with Gasteiger partial charge in [-0.1, -0.05) is 6.92 Å². The molecule has 2 rings (SSSR count). The number of H-pyrrole nitrogens is 1. The van der Waals surface area contributed by atoms with E-state index in [2.05, 4.69) is 15.3 Å². The summed E-state index contributed by atoms with van der Waals surface area (Å²) in [4.78, 5) is 32.6. The fraction of sp³-hybridized carbons (Fsp3) is 0.462. The van der Waals surface area contributed by atoms with Crippen LogP contribution in [0.2, 0.25) is 0 Å². The van der Waals surface area contributed by atoms with Crippen LogP contribution in [0, 0.1) is 6.92 Å². The summed E-state index contributed by atoms with van der Waals surface area (Å²) in [6, 6.07) is 0. The molecule has 0 atom stereocenters. The van der Waals surface area contributed by atoms with Crippen molar-refractivity contribution in [1.29, 1.82) is 0 Å². The minimum absolute atomic E-state index is 0.0537. The number of aromatic nitrogens is 2. The number of fused-ring (bicyclic) bond motifs is 1. The number of amides is 1. The van der Waals surface area contributed by atoms with Gasteiger partial charge in [0.1, 0.15) is 10.5 Å². The van der Waals surface area contributed by atoms with Crippen molar-refractivity contribution >= 4 is 27.5 Å². The SMILES string of the molecule is CCN(CC(=O)NC)Cc1nc2c(C)csc2c(=O)[nH]1. The number of hydrogen-bond donors (Lipinski definition) is 2. The van der Waals surface area contributed by atoms with Gasteiger partial charge in [0.05, 0.1) is 18.6 Å². The molecule has 2 aromatic rings. The van der Waals surface area contributed by atoms with E-state index in [-0.39, 0.29) is 18.0 Å². The molecule has 0 bridgehead atoms. The summed E-state index contributed by atoms with van der Waals surface area (Å²) in [6.45, 7) is 5.35. The second-order valence-electron chi connectivity index (χ2n) is 4.59. The highest BCUT2D eigenvalue weighted by molar-refractivity contribution is 7.17. The Kier molecular flexibility index (Phi) is 4.51. The Bertz CT molecular complexity index is 677. The third kappa shape index (κ3) is 3.05. The van der Waals surface area contributed by atoms with Crippen molar-refractivity contribution in [3.8, 4) is 0 Å². The zero-order valence-electron chi connectivity index (χ0n) is 11.8. The standard InChI is InChI=1S/C13H18N4O2S/c1-4-17(6-10(18)14-3)5-9-15-11-8(2)7-20-12(11)13(19)16-9/h7H,4-6H2,1-3H3,(H,14,18)(H,15,16,19). The van der Waals surface area contributed by atoms with Crippen LogP contribution in [0.15, 0.2) is 10.2 Å². The first kappa shape index (κ1) is 14.7. The third-order valence-electron chi connectivity index (χ3n) is 3.12. The zero-order chi connectivity index (χ0) is 14.7. The van der Waals surface area contributed by atoms with E-state index in [1.807, 2.05) is 24.1 Å². The van der Waals surface area contributed by atoms with Gasteiger partial charge >= 0.3 is 0 Å². The molecule has 6 nitrogen and oxygen atoms in total. The van der Waals surface area contributed by atoms with E-state index in [1.54, 1.807) is 7.05 Å². The maximum Gasteiger partial charge on any atom is 0.268 e. The summed E-state index contributed by atoms with van der Waals surface area (Å²) in [5.74, 6) is 0.539. The predicted molar refractivity (Wildman–Crippen MR) is 80.0 cm³/mol. The lowest BCUT2D eigenvalue weighted by Gasteiger charge is -2.18. The van der Waals surface area contributed by atoms with E-state index in [0.717, 1.165) is 11.1 Å². The van der Waals surface area contributed by atoms with Gasteiger partial charge in [0.25, 0.3) is 5.56 Å². The molecule has 1 amide bonds. The molecule has 0 aromatic carbocycles. The molecular weight excluding hydrogens is 276 g/mol. The topological polar surface area (TPSA) is 78.1 Å². The van der Waals surface area contributed by atoms with E-state index < -0.39 is 0 Å². The van der Waals surface area contributed by atoms with Gasteiger partial charge in [-0.05, 0) is 24.4 Å². The average Bonchev–Trinajstić information content (AvgIpc) is 2.80. The first-order valence-electron chi connectivity index (χ1n) is 6.45. The first-order chi connectivity index (χ1) is 9.55. The Morgan fingerprint density at radius 1 is 1.55 bits per heavy atom. The number of aromatic amines is 1. The Morgan fingerprint density at radius 3 is 2.95 bits per heavy atom. The van der Waals surface area contributed by atoms with Gasteiger partial charge in [0, 0.05) is 7.05 Å². The molecular formula is C13H18N4O2S. The molecule has 0 spiro atoms. The number of thiophene rings is 1. The highest BCUT2D eigenvalue weighted by Gasteiger charge is 2.12. The van der Waals surface area contributed by atoms with Gasteiger partial charge in [0.2, 0.25) is 5.91 Å². The van der Waals surface area contributed by atoms with Crippen LogP contribution in [0.3, 0.4) is 0 Å². The summed E-state index contributed by atoms with van der Waals surface area (Å²) in [7, 11) is 1.61. The number of nitrogens with zero attached hydrogens (tertiary/aromatic N) is 2. The number of hydrogen-bond acceptors (Lipinski definition) is 5. The maximum absolute atomic E-state index is 12.0. The van der Waals surface area contributed by atoms with Gasteiger partial charge in [-0.25, -0.2) is 4.98 Å². The Morgan fingerprint density at radius 2 is 2.30 bits per heavy atom. The van der Waals surface area contributed by atoms with Crippen LogP contribution in [0.5, 0.6) is 0 Å². The van der Waals surface area contributed by atoms with E-state index in [9.17, 15) is 9.59 Å². The second kappa shape index (κ2) is 6.15. The molecule has 7 heteroatoms. The maximum atomic E-state index is 12.0. The van der Waals surface area contributed by atoms with Crippen LogP contribution in [-0.2, 0) is 11.3 Å². The van der Waals surface area contributed by atoms with Gasteiger partial charge in [-0.3, -0.25) is 14.5 Å². The van der Waals surface area contributed by atoms with Gasteiger partial charge in [0.15, 0.2) is 0 Å². The molecule has 0 unspecified atom stereocenters. The van der Waals surface area contributed by atoms with Crippen LogP contribution < -0.4 is 10.9 Å². The molecule has 20 heavy (non-hydrogen) atoms. The monoisotopic (exact) mass is 294 g/mol. The molecule has 0 saturated carbocycles. The van der Waals surface area contributed by atoms with Crippen molar-refractivity contribution in [2.24, 2.45) is 0 Å². The molecule has 0 aliphatic rings. The fourth-order valence-electron chi connectivity index (χ4n) is 1.94. The summed E-state index contributed by atoms with van der Waals surface area (Å²) < 4.78 is 0.653. The highest BCUT2D eigenvalue weighted by Crippen LogP contribution is 2.19. The van der Waals surface area contributed by atoms with Crippen LogP contribution >= 0.6 is 11.3 Å². The smallest absolute Gasteiger partial charge is 0.268 e. The quantitative estimate of drug-likeness (QED) is 0.857. The van der Waals surface area contributed by atoms with E-state index >= 15 is 0 Å². The number of carbonyl (C=O) groups is 1. The molecule has 0 saturated heterocycles. The van der Waals surface area contributed by atoms with Crippen LogP contribution in [0.4, 0.5) is 0 Å². The van der Waals surface area contributed by atoms with Crippen molar-refractivity contribution in [1.82, 2.24) is 20.2 Å². The largest absolute Gasteiger partial charge is 0.358 e. The summed E-state index contributed by atoms with van der Waals surface area (Å²) in [6.07, 6.45) is 0. The van der Waals surface area contributed by atoms with Gasteiger partial charge in [-0.15, -0.1) is 11.3 Å². The van der Waals surface area contributed by atoms with Crippen molar-refractivity contribution < 1.29 is 4.79 Å². The molecule has 0 aliphatic heterocycles. The number of carbonyl (C=O) groups excluding carboxylic acids is 1. The second-order valence-corrected chi connectivity index (χ2v) is 5.47. The van der Waals surface area contributed by atoms with E-state index in [4.69, 9.17) is 0 Å².